The first-order valence-corrected chi connectivity index (χ1v) is 16.3. The summed E-state index contributed by atoms with van der Waals surface area (Å²) in [5.74, 6) is 0.733. The van der Waals surface area contributed by atoms with Gasteiger partial charge in [0.15, 0.2) is 0 Å². The van der Waals surface area contributed by atoms with E-state index in [2.05, 4.69) is 28.5 Å². The van der Waals surface area contributed by atoms with Crippen LogP contribution in [0, 0.1) is 17.8 Å². The van der Waals surface area contributed by atoms with E-state index in [1.807, 2.05) is 38.1 Å². The second-order valence-corrected chi connectivity index (χ2v) is 13.5. The number of carbonyl (C=O) groups is 1. The molecule has 2 aromatic carbocycles. The van der Waals surface area contributed by atoms with Crippen molar-refractivity contribution in [1.29, 1.82) is 0 Å². The van der Waals surface area contributed by atoms with Crippen LogP contribution in [0.4, 0.5) is 5.69 Å². The lowest BCUT2D eigenvalue weighted by Gasteiger charge is -2.42. The van der Waals surface area contributed by atoms with Gasteiger partial charge < -0.3 is 14.7 Å². The Kier molecular flexibility index (Phi) is 11.1. The monoisotopic (exact) mass is 598 g/mol. The molecule has 0 spiro atoms. The van der Waals surface area contributed by atoms with E-state index in [1.165, 1.54) is 11.1 Å². The number of benzene rings is 2. The number of aryl methyl sites for hydroxylation is 1. The summed E-state index contributed by atoms with van der Waals surface area (Å²) in [6.07, 6.45) is 8.31. The van der Waals surface area contributed by atoms with E-state index in [4.69, 9.17) is 16.3 Å². The number of carbonyl (C=O) groups excluding carboxylic acids is 1. The Hall–Kier alpha value is -2.61. The molecule has 1 amide bonds. The van der Waals surface area contributed by atoms with Crippen molar-refractivity contribution in [1.82, 2.24) is 0 Å². The summed E-state index contributed by atoms with van der Waals surface area (Å²) in [6.45, 7) is 13.3. The largest absolute Gasteiger partial charge is 0.491 e. The van der Waals surface area contributed by atoms with Crippen molar-refractivity contribution in [2.24, 2.45) is 22.1 Å². The molecular formula is C33H43ClN2O4S. The van der Waals surface area contributed by atoms with Gasteiger partial charge in [0.2, 0.25) is 0 Å². The molecular weight excluding hydrogens is 556 g/mol. The molecule has 41 heavy (non-hydrogen) atoms. The topological polar surface area (TPSA) is 79.2 Å². The summed E-state index contributed by atoms with van der Waals surface area (Å²) in [4.78, 5) is 15.5. The molecule has 1 saturated carbocycles. The average Bonchev–Trinajstić information content (AvgIpc) is 2.97. The Balaban J connectivity index is 1.73. The van der Waals surface area contributed by atoms with Crippen LogP contribution in [-0.4, -0.2) is 39.7 Å². The van der Waals surface area contributed by atoms with Crippen molar-refractivity contribution < 1.29 is 18.8 Å². The zero-order valence-corrected chi connectivity index (χ0v) is 25.8. The van der Waals surface area contributed by atoms with Gasteiger partial charge in [-0.3, -0.25) is 9.00 Å². The number of hydrogen-bond acceptors (Lipinski definition) is 5. The van der Waals surface area contributed by atoms with Crippen molar-refractivity contribution >= 4 is 33.8 Å². The fourth-order valence-electron chi connectivity index (χ4n) is 5.70. The van der Waals surface area contributed by atoms with E-state index in [-0.39, 0.29) is 23.0 Å². The zero-order chi connectivity index (χ0) is 29.5. The van der Waals surface area contributed by atoms with Gasteiger partial charge in [-0.25, -0.2) is 0 Å². The van der Waals surface area contributed by atoms with Crippen LogP contribution < -0.4 is 9.64 Å². The predicted molar refractivity (Wildman–Crippen MR) is 170 cm³/mol. The van der Waals surface area contributed by atoms with E-state index in [1.54, 1.807) is 18.2 Å². The molecule has 1 N–H and O–H groups in total. The second-order valence-electron chi connectivity index (χ2n) is 11.5. The van der Waals surface area contributed by atoms with Crippen LogP contribution in [0.15, 0.2) is 66.1 Å². The molecule has 0 aromatic heterocycles. The molecule has 2 aromatic rings. The van der Waals surface area contributed by atoms with Gasteiger partial charge in [-0.2, -0.15) is 4.36 Å². The highest BCUT2D eigenvalue weighted by atomic mass is 35.5. The minimum Gasteiger partial charge on any atom is -0.491 e. The number of fused-ring (bicyclic) bond motifs is 2. The average molecular weight is 599 g/mol. The van der Waals surface area contributed by atoms with Crippen LogP contribution in [0.5, 0.6) is 5.75 Å². The minimum atomic E-state index is -2.08. The maximum Gasteiger partial charge on any atom is 0.284 e. The highest BCUT2D eigenvalue weighted by Crippen LogP contribution is 2.41. The first-order valence-electron chi connectivity index (χ1n) is 14.6. The molecule has 8 heteroatoms. The van der Waals surface area contributed by atoms with Crippen LogP contribution in [0.2, 0.25) is 5.02 Å². The lowest BCUT2D eigenvalue weighted by atomic mass is 9.70. The van der Waals surface area contributed by atoms with Gasteiger partial charge >= 0.3 is 0 Å². The lowest BCUT2D eigenvalue weighted by Crippen LogP contribution is -2.42. The van der Waals surface area contributed by atoms with Gasteiger partial charge in [0.1, 0.15) is 5.75 Å². The molecule has 1 heterocycles. The van der Waals surface area contributed by atoms with Crippen LogP contribution in [0.25, 0.3) is 0 Å². The molecule has 0 radical (unpaired) electrons. The van der Waals surface area contributed by atoms with Gasteiger partial charge in [-0.05, 0) is 105 Å². The molecule has 0 saturated heterocycles. The number of thiol groups is 1. The third-order valence-corrected chi connectivity index (χ3v) is 10.5. The van der Waals surface area contributed by atoms with Crippen LogP contribution in [-0.2, 0) is 23.6 Å². The second kappa shape index (κ2) is 14.5. The van der Waals surface area contributed by atoms with Crippen molar-refractivity contribution in [3.63, 3.8) is 0 Å². The lowest BCUT2D eigenvalue weighted by molar-refractivity contribution is 0.0464. The number of anilines is 1. The van der Waals surface area contributed by atoms with Gasteiger partial charge in [-0.1, -0.05) is 36.7 Å². The maximum atomic E-state index is 13.3. The molecule has 1 aliphatic carbocycles. The van der Waals surface area contributed by atoms with Gasteiger partial charge in [0, 0.05) is 39.5 Å². The molecule has 6 nitrogen and oxygen atoms in total. The quantitative estimate of drug-likeness (QED) is 0.239. The molecule has 6 atom stereocenters. The van der Waals surface area contributed by atoms with Crippen molar-refractivity contribution in [3.05, 3.63) is 83.4 Å². The van der Waals surface area contributed by atoms with Crippen molar-refractivity contribution in [2.45, 2.75) is 70.3 Å². The molecule has 222 valence electrons. The predicted octanol–water partition coefficient (Wildman–Crippen LogP) is 7.04. The van der Waals surface area contributed by atoms with E-state index in [0.29, 0.717) is 37.4 Å². The van der Waals surface area contributed by atoms with E-state index in [9.17, 15) is 14.1 Å². The normalized spacial score (nSPS) is 22.0. The van der Waals surface area contributed by atoms with Crippen LogP contribution >= 0.6 is 11.6 Å². The number of aliphatic hydroxyl groups excluding tert-OH is 1. The first-order chi connectivity index (χ1) is 19.7. The Morgan fingerprint density at radius 2 is 2.00 bits per heavy atom. The van der Waals surface area contributed by atoms with Gasteiger partial charge in [0.05, 0.1) is 18.4 Å². The molecule has 0 bridgehead atoms. The molecule has 1 unspecified atom stereocenters. The Labute approximate surface area is 251 Å². The number of ether oxygens (including phenoxy) is 1. The molecule has 2 aliphatic rings. The fourth-order valence-corrected chi connectivity index (χ4v) is 6.93. The standard InChI is InChI=1S/C33H43ClN2O4S/c1-5-9-22(3)23(4)41(39)35-33(38)25-13-16-32-30(19-25)36(21-27-12-15-29(27)31(37)6-2)20-26-11-14-28(34)18-24(26)10-7-8-17-40-32/h5-6,11,13-14,16,18-19,22-23,27,29,31,37,41H,1-2,7-10,12,15,17,20-21H2,3-4H3/t22-,23+,27-,29+,31-/m0/s1. The third kappa shape index (κ3) is 7.82. The fraction of sp³-hybridized carbons (Fsp3) is 0.485. The van der Waals surface area contributed by atoms with E-state index >= 15 is 0 Å². The number of rotatable bonds is 9. The highest BCUT2D eigenvalue weighted by molar-refractivity contribution is 7.76. The minimum absolute atomic E-state index is 0.110. The first kappa shape index (κ1) is 31.3. The summed E-state index contributed by atoms with van der Waals surface area (Å²) in [7, 11) is -2.08. The van der Waals surface area contributed by atoms with Gasteiger partial charge in [0.25, 0.3) is 5.91 Å². The van der Waals surface area contributed by atoms with Crippen LogP contribution in [0.3, 0.4) is 0 Å². The summed E-state index contributed by atoms with van der Waals surface area (Å²) < 4.78 is 23.3. The highest BCUT2D eigenvalue weighted by Gasteiger charge is 2.36. The zero-order valence-electron chi connectivity index (χ0n) is 24.2. The molecule has 1 fully saturated rings. The van der Waals surface area contributed by atoms with E-state index < -0.39 is 22.6 Å². The van der Waals surface area contributed by atoms with E-state index in [0.717, 1.165) is 42.8 Å². The van der Waals surface area contributed by atoms with Crippen LogP contribution in [0.1, 0.15) is 67.4 Å². The van der Waals surface area contributed by atoms with Gasteiger partial charge in [-0.15, -0.1) is 13.2 Å². The SMILES string of the molecule is C=CC[C@H](C)[C@@H](C)/[SH](=O)=N\C(=O)c1ccc2c(c1)N(C[C@@H]1CC[C@H]1[C@@H](O)C=C)Cc1ccc(Cl)cc1CCCCO2. The number of halogens is 1. The summed E-state index contributed by atoms with van der Waals surface area (Å²) in [5, 5.41) is 11.0. The Bertz CT molecular complexity index is 1340. The number of aliphatic hydroxyl groups is 1. The number of nitrogens with zero attached hydrogens (tertiary/aromatic N) is 2. The number of hydrogen-bond donors (Lipinski definition) is 2. The third-order valence-electron chi connectivity index (χ3n) is 8.69. The summed E-state index contributed by atoms with van der Waals surface area (Å²) in [6, 6.07) is 11.4. The Morgan fingerprint density at radius 3 is 2.71 bits per heavy atom. The smallest absolute Gasteiger partial charge is 0.284 e. The van der Waals surface area contributed by atoms with Crippen molar-refractivity contribution in [3.8, 4) is 5.75 Å². The summed E-state index contributed by atoms with van der Waals surface area (Å²) >= 11 is 6.38. The maximum absolute atomic E-state index is 13.3. The summed E-state index contributed by atoms with van der Waals surface area (Å²) in [5.41, 5.74) is 3.57. The molecule has 4 rings (SSSR count). The molecule has 1 aliphatic heterocycles. The number of amides is 1. The number of allylic oxidation sites excluding steroid dienone is 1. The Morgan fingerprint density at radius 1 is 1.20 bits per heavy atom. The van der Waals surface area contributed by atoms with Crippen molar-refractivity contribution in [2.75, 3.05) is 18.1 Å².